The highest BCUT2D eigenvalue weighted by molar-refractivity contribution is 5.91. The molecule has 1 aliphatic rings. The zero-order valence-corrected chi connectivity index (χ0v) is 13.8. The molecule has 126 valence electrons. The number of aliphatic hydroxyl groups excluding tert-OH is 1. The number of pyridine rings is 1. The standard InChI is InChI=1S/C17H20N4O3/c1-11(23)21(2)17-13-4-3-5-14(13)19-16(20-17)15-10-12(6-7-18-15)24-9-8-22/h6-7,10,22H,3-5,8-9H2,1-2H3. The minimum Gasteiger partial charge on any atom is -0.491 e. The Morgan fingerprint density at radius 1 is 1.38 bits per heavy atom. The predicted octanol–water partition coefficient (Wildman–Crippen LogP) is 1.38. The van der Waals surface area contributed by atoms with Crippen LogP contribution in [0.15, 0.2) is 18.3 Å². The summed E-state index contributed by atoms with van der Waals surface area (Å²) in [7, 11) is 1.72. The third kappa shape index (κ3) is 3.21. The zero-order valence-electron chi connectivity index (χ0n) is 13.8. The van der Waals surface area contributed by atoms with Crippen molar-refractivity contribution >= 4 is 11.7 Å². The number of hydrogen-bond donors (Lipinski definition) is 1. The van der Waals surface area contributed by atoms with Gasteiger partial charge in [-0.1, -0.05) is 0 Å². The molecule has 0 aliphatic heterocycles. The van der Waals surface area contributed by atoms with Gasteiger partial charge in [-0.2, -0.15) is 0 Å². The molecular formula is C17H20N4O3. The van der Waals surface area contributed by atoms with E-state index in [4.69, 9.17) is 9.84 Å². The summed E-state index contributed by atoms with van der Waals surface area (Å²) in [5, 5.41) is 8.87. The first-order chi connectivity index (χ1) is 11.6. The normalized spacial score (nSPS) is 12.8. The van der Waals surface area contributed by atoms with Crippen LogP contribution in [0.3, 0.4) is 0 Å². The molecule has 0 aromatic carbocycles. The van der Waals surface area contributed by atoms with Crippen LogP contribution in [0, 0.1) is 0 Å². The Morgan fingerprint density at radius 2 is 2.21 bits per heavy atom. The van der Waals surface area contributed by atoms with Gasteiger partial charge < -0.3 is 9.84 Å². The van der Waals surface area contributed by atoms with E-state index in [9.17, 15) is 4.79 Å². The monoisotopic (exact) mass is 328 g/mol. The molecule has 24 heavy (non-hydrogen) atoms. The van der Waals surface area contributed by atoms with Gasteiger partial charge in [0.2, 0.25) is 5.91 Å². The molecular weight excluding hydrogens is 308 g/mol. The molecule has 0 atom stereocenters. The van der Waals surface area contributed by atoms with Crippen LogP contribution in [0.4, 0.5) is 5.82 Å². The summed E-state index contributed by atoms with van der Waals surface area (Å²) in [5.41, 5.74) is 2.61. The van der Waals surface area contributed by atoms with Gasteiger partial charge in [-0.3, -0.25) is 14.7 Å². The Labute approximate surface area is 140 Å². The minimum absolute atomic E-state index is 0.0550. The van der Waals surface area contributed by atoms with E-state index in [-0.39, 0.29) is 19.1 Å². The number of hydrogen-bond acceptors (Lipinski definition) is 6. The molecule has 0 spiro atoms. The van der Waals surface area contributed by atoms with Crippen molar-refractivity contribution in [3.63, 3.8) is 0 Å². The van der Waals surface area contributed by atoms with Crippen molar-refractivity contribution in [2.75, 3.05) is 25.2 Å². The summed E-state index contributed by atoms with van der Waals surface area (Å²) in [6.07, 6.45) is 4.40. The van der Waals surface area contributed by atoms with Gasteiger partial charge in [0.25, 0.3) is 0 Å². The van der Waals surface area contributed by atoms with Crippen LogP contribution in [0.5, 0.6) is 5.75 Å². The van der Waals surface area contributed by atoms with Crippen molar-refractivity contribution < 1.29 is 14.6 Å². The fraction of sp³-hybridized carbons (Fsp3) is 0.412. The fourth-order valence-electron chi connectivity index (χ4n) is 2.74. The quantitative estimate of drug-likeness (QED) is 0.892. The number of ether oxygens (including phenoxy) is 1. The van der Waals surface area contributed by atoms with Gasteiger partial charge in [-0.25, -0.2) is 9.97 Å². The molecule has 1 amide bonds. The molecule has 1 N–H and O–H groups in total. The largest absolute Gasteiger partial charge is 0.491 e. The molecule has 0 fully saturated rings. The van der Waals surface area contributed by atoms with E-state index in [2.05, 4.69) is 15.0 Å². The second-order valence-corrected chi connectivity index (χ2v) is 5.68. The Morgan fingerprint density at radius 3 is 2.96 bits per heavy atom. The molecule has 0 saturated heterocycles. The lowest BCUT2D eigenvalue weighted by atomic mass is 10.2. The lowest BCUT2D eigenvalue weighted by Gasteiger charge is -2.18. The van der Waals surface area contributed by atoms with Crippen molar-refractivity contribution in [3.8, 4) is 17.3 Å². The lowest BCUT2D eigenvalue weighted by molar-refractivity contribution is -0.116. The van der Waals surface area contributed by atoms with Crippen molar-refractivity contribution in [2.45, 2.75) is 26.2 Å². The van der Waals surface area contributed by atoms with Crippen LogP contribution < -0.4 is 9.64 Å². The Bertz CT molecular complexity index is 763. The summed E-state index contributed by atoms with van der Waals surface area (Å²) in [5.74, 6) is 1.66. The van der Waals surface area contributed by atoms with Gasteiger partial charge in [-0.15, -0.1) is 0 Å². The summed E-state index contributed by atoms with van der Waals surface area (Å²) >= 11 is 0. The predicted molar refractivity (Wildman–Crippen MR) is 89.0 cm³/mol. The smallest absolute Gasteiger partial charge is 0.224 e. The summed E-state index contributed by atoms with van der Waals surface area (Å²) in [4.78, 5) is 26.9. The maximum Gasteiger partial charge on any atom is 0.224 e. The highest BCUT2D eigenvalue weighted by Crippen LogP contribution is 2.31. The third-order valence-corrected chi connectivity index (χ3v) is 4.02. The molecule has 7 heteroatoms. The molecule has 0 saturated carbocycles. The maximum absolute atomic E-state index is 11.8. The second-order valence-electron chi connectivity index (χ2n) is 5.68. The van der Waals surface area contributed by atoms with Crippen molar-refractivity contribution in [1.29, 1.82) is 0 Å². The fourth-order valence-corrected chi connectivity index (χ4v) is 2.74. The summed E-state index contributed by atoms with van der Waals surface area (Å²) < 4.78 is 5.42. The van der Waals surface area contributed by atoms with Crippen LogP contribution in [-0.4, -0.2) is 46.2 Å². The number of amides is 1. The number of aromatic nitrogens is 3. The van der Waals surface area contributed by atoms with Gasteiger partial charge in [0.05, 0.1) is 6.61 Å². The van der Waals surface area contributed by atoms with E-state index in [0.717, 1.165) is 30.5 Å². The van der Waals surface area contributed by atoms with E-state index >= 15 is 0 Å². The van der Waals surface area contributed by atoms with E-state index in [1.54, 1.807) is 30.3 Å². The van der Waals surface area contributed by atoms with E-state index in [0.29, 0.717) is 23.1 Å². The Balaban J connectivity index is 2.03. The second kappa shape index (κ2) is 6.92. The van der Waals surface area contributed by atoms with Gasteiger partial charge in [-0.05, 0) is 25.3 Å². The van der Waals surface area contributed by atoms with Crippen LogP contribution in [0.2, 0.25) is 0 Å². The van der Waals surface area contributed by atoms with E-state index in [1.807, 2.05) is 0 Å². The van der Waals surface area contributed by atoms with Crippen molar-refractivity contribution in [3.05, 3.63) is 29.6 Å². The zero-order chi connectivity index (χ0) is 17.1. The van der Waals surface area contributed by atoms with E-state index < -0.39 is 0 Å². The third-order valence-electron chi connectivity index (χ3n) is 4.02. The van der Waals surface area contributed by atoms with Gasteiger partial charge in [0, 0.05) is 37.5 Å². The number of nitrogens with zero attached hydrogens (tertiary/aromatic N) is 4. The number of carbonyl (C=O) groups excluding carboxylic acids is 1. The van der Waals surface area contributed by atoms with Gasteiger partial charge >= 0.3 is 0 Å². The molecule has 2 aromatic heterocycles. The first-order valence-electron chi connectivity index (χ1n) is 7.94. The molecule has 0 unspecified atom stereocenters. The molecule has 2 heterocycles. The van der Waals surface area contributed by atoms with Crippen LogP contribution in [0.25, 0.3) is 11.5 Å². The summed E-state index contributed by atoms with van der Waals surface area (Å²) in [6, 6.07) is 3.46. The van der Waals surface area contributed by atoms with Gasteiger partial charge in [0.1, 0.15) is 23.9 Å². The SMILES string of the molecule is CC(=O)N(C)c1nc(-c2cc(OCCO)ccn2)nc2c1CCC2. The number of aryl methyl sites for hydroxylation is 1. The molecule has 7 nitrogen and oxygen atoms in total. The first-order valence-corrected chi connectivity index (χ1v) is 7.94. The Kier molecular flexibility index (Phi) is 4.71. The highest BCUT2D eigenvalue weighted by atomic mass is 16.5. The number of rotatable bonds is 5. The first kappa shape index (κ1) is 16.3. The topological polar surface area (TPSA) is 88.4 Å². The van der Waals surface area contributed by atoms with Crippen LogP contribution in [-0.2, 0) is 17.6 Å². The Hall–Kier alpha value is -2.54. The molecule has 2 aromatic rings. The van der Waals surface area contributed by atoms with Crippen LogP contribution in [0.1, 0.15) is 24.6 Å². The number of aliphatic hydroxyl groups is 1. The molecule has 1 aliphatic carbocycles. The maximum atomic E-state index is 11.8. The average molecular weight is 328 g/mol. The average Bonchev–Trinajstić information content (AvgIpc) is 3.07. The highest BCUT2D eigenvalue weighted by Gasteiger charge is 2.23. The number of anilines is 1. The molecule has 0 bridgehead atoms. The van der Waals surface area contributed by atoms with Crippen molar-refractivity contribution in [1.82, 2.24) is 15.0 Å². The van der Waals surface area contributed by atoms with Gasteiger partial charge in [0.15, 0.2) is 5.82 Å². The van der Waals surface area contributed by atoms with Crippen molar-refractivity contribution in [2.24, 2.45) is 0 Å². The number of fused-ring (bicyclic) bond motifs is 1. The number of carbonyl (C=O) groups is 1. The molecule has 0 radical (unpaired) electrons. The minimum atomic E-state index is -0.0678. The van der Waals surface area contributed by atoms with E-state index in [1.165, 1.54) is 6.92 Å². The summed E-state index contributed by atoms with van der Waals surface area (Å²) in [6.45, 7) is 1.68. The van der Waals surface area contributed by atoms with Crippen LogP contribution >= 0.6 is 0 Å². The molecule has 3 rings (SSSR count). The lowest BCUT2D eigenvalue weighted by Crippen LogP contribution is -2.25.